The number of ether oxygens (including phenoxy) is 1. The van der Waals surface area contributed by atoms with Crippen LogP contribution in [0.1, 0.15) is 50.8 Å². The number of carbonyl (C=O) groups is 3. The van der Waals surface area contributed by atoms with Crippen molar-refractivity contribution in [1.29, 1.82) is 0 Å². The average molecular weight is 365 g/mol. The van der Waals surface area contributed by atoms with Crippen molar-refractivity contribution in [3.63, 3.8) is 0 Å². The highest BCUT2D eigenvalue weighted by Crippen LogP contribution is 2.27. The molecule has 0 aromatic heterocycles. The van der Waals surface area contributed by atoms with Gasteiger partial charge in [0.05, 0.1) is 18.2 Å². The molecule has 1 fully saturated rings. The minimum Gasteiger partial charge on any atom is -0.496 e. The third-order valence-electron chi connectivity index (χ3n) is 4.99. The highest BCUT2D eigenvalue weighted by atomic mass is 16.5. The van der Waals surface area contributed by atoms with Crippen LogP contribution in [0.4, 0.5) is 0 Å². The van der Waals surface area contributed by atoms with E-state index in [9.17, 15) is 14.4 Å². The zero-order chi connectivity index (χ0) is 19.4. The van der Waals surface area contributed by atoms with Crippen LogP contribution in [-0.4, -0.2) is 42.6 Å². The van der Waals surface area contributed by atoms with Crippen molar-refractivity contribution < 1.29 is 19.1 Å². The first-order valence-corrected chi connectivity index (χ1v) is 9.09. The van der Waals surface area contributed by atoms with E-state index in [4.69, 9.17) is 4.74 Å². The van der Waals surface area contributed by atoms with Crippen LogP contribution in [0, 0.1) is 5.92 Å². The fraction of sp³-hybridized carbons (Fsp3) is 0.318. The Labute approximate surface area is 158 Å². The number of piperidine rings is 1. The maximum atomic E-state index is 13.0. The van der Waals surface area contributed by atoms with Crippen molar-refractivity contribution in [2.24, 2.45) is 5.92 Å². The molecule has 2 aromatic carbocycles. The molecule has 1 heterocycles. The van der Waals surface area contributed by atoms with Gasteiger partial charge in [0.2, 0.25) is 0 Å². The molecule has 27 heavy (non-hydrogen) atoms. The van der Waals surface area contributed by atoms with Crippen LogP contribution < -0.4 is 4.74 Å². The summed E-state index contributed by atoms with van der Waals surface area (Å²) in [6.45, 7) is 2.39. The van der Waals surface area contributed by atoms with Crippen molar-refractivity contribution in [3.8, 4) is 5.75 Å². The van der Waals surface area contributed by atoms with E-state index < -0.39 is 0 Å². The summed E-state index contributed by atoms with van der Waals surface area (Å²) in [6, 6.07) is 14.0. The van der Waals surface area contributed by atoms with Gasteiger partial charge < -0.3 is 9.64 Å². The molecule has 140 valence electrons. The van der Waals surface area contributed by atoms with Gasteiger partial charge in [0.25, 0.3) is 5.91 Å². The number of benzene rings is 2. The zero-order valence-electron chi connectivity index (χ0n) is 15.6. The van der Waals surface area contributed by atoms with Gasteiger partial charge in [-0.15, -0.1) is 0 Å². The molecule has 1 aliphatic rings. The van der Waals surface area contributed by atoms with E-state index in [2.05, 4.69) is 0 Å². The Kier molecular flexibility index (Phi) is 5.69. The second kappa shape index (κ2) is 8.16. The molecule has 3 rings (SSSR count). The van der Waals surface area contributed by atoms with Crippen molar-refractivity contribution in [2.75, 3.05) is 20.2 Å². The fourth-order valence-electron chi connectivity index (χ4n) is 3.59. The lowest BCUT2D eigenvalue weighted by Gasteiger charge is -2.32. The minimum absolute atomic E-state index is 0.00944. The Morgan fingerprint density at radius 2 is 1.59 bits per heavy atom. The van der Waals surface area contributed by atoms with E-state index in [0.29, 0.717) is 35.5 Å². The topological polar surface area (TPSA) is 63.7 Å². The number of carbonyl (C=O) groups excluding carboxylic acids is 3. The minimum atomic E-state index is -0.275. The summed E-state index contributed by atoms with van der Waals surface area (Å²) >= 11 is 0. The quantitative estimate of drug-likeness (QED) is 0.759. The van der Waals surface area contributed by atoms with E-state index in [1.807, 2.05) is 12.1 Å². The number of nitrogens with zero attached hydrogens (tertiary/aromatic N) is 1. The lowest BCUT2D eigenvalue weighted by atomic mass is 9.89. The maximum absolute atomic E-state index is 13.0. The van der Waals surface area contributed by atoms with E-state index >= 15 is 0 Å². The van der Waals surface area contributed by atoms with Gasteiger partial charge in [-0.2, -0.15) is 0 Å². The summed E-state index contributed by atoms with van der Waals surface area (Å²) in [5.74, 6) is -0.0721. The first-order valence-electron chi connectivity index (χ1n) is 9.09. The normalized spacial score (nSPS) is 16.7. The van der Waals surface area contributed by atoms with Gasteiger partial charge in [-0.25, -0.2) is 0 Å². The molecule has 1 amide bonds. The summed E-state index contributed by atoms with van der Waals surface area (Å²) < 4.78 is 5.30. The van der Waals surface area contributed by atoms with Crippen LogP contribution in [0.5, 0.6) is 5.75 Å². The van der Waals surface area contributed by atoms with E-state index in [1.54, 1.807) is 48.4 Å². The molecule has 0 spiro atoms. The number of amides is 1. The second-order valence-corrected chi connectivity index (χ2v) is 6.76. The van der Waals surface area contributed by atoms with Crippen LogP contribution in [0.3, 0.4) is 0 Å². The first kappa shape index (κ1) is 18.8. The molecule has 5 nitrogen and oxygen atoms in total. The van der Waals surface area contributed by atoms with Gasteiger partial charge in [0.1, 0.15) is 5.75 Å². The molecule has 0 radical (unpaired) electrons. The van der Waals surface area contributed by atoms with E-state index in [1.165, 1.54) is 6.92 Å². The van der Waals surface area contributed by atoms with Crippen molar-refractivity contribution >= 4 is 17.5 Å². The molecular formula is C22H23NO4. The lowest BCUT2D eigenvalue weighted by molar-refractivity contribution is 0.0633. The molecule has 0 saturated carbocycles. The van der Waals surface area contributed by atoms with Crippen LogP contribution in [0.15, 0.2) is 48.5 Å². The zero-order valence-corrected chi connectivity index (χ0v) is 15.6. The highest BCUT2D eigenvalue weighted by molar-refractivity contribution is 6.07. The van der Waals surface area contributed by atoms with Crippen molar-refractivity contribution in [3.05, 3.63) is 65.2 Å². The number of hydrogen-bond donors (Lipinski definition) is 0. The van der Waals surface area contributed by atoms with Gasteiger partial charge >= 0.3 is 0 Å². The molecule has 0 bridgehead atoms. The maximum Gasteiger partial charge on any atom is 0.254 e. The number of Topliss-reactive ketones (excluding diaryl/α,β-unsaturated/α-hetero) is 2. The molecule has 0 aliphatic carbocycles. The molecule has 1 atom stereocenters. The second-order valence-electron chi connectivity index (χ2n) is 6.76. The number of rotatable bonds is 5. The molecule has 0 N–H and O–H groups in total. The standard InChI is InChI=1S/C22H23NO4/c1-15(24)17-9-3-4-10-18(17)22(26)23-13-7-8-16(14-23)21(25)19-11-5-6-12-20(19)27-2/h3-6,9-12,16H,7-8,13-14H2,1-2H3/t16-/m0/s1. The fourth-order valence-corrected chi connectivity index (χ4v) is 3.59. The third-order valence-corrected chi connectivity index (χ3v) is 4.99. The number of methoxy groups -OCH3 is 1. The van der Waals surface area contributed by atoms with Crippen LogP contribution in [0.25, 0.3) is 0 Å². The van der Waals surface area contributed by atoms with Crippen molar-refractivity contribution in [1.82, 2.24) is 4.90 Å². The number of para-hydroxylation sites is 1. The monoisotopic (exact) mass is 365 g/mol. The summed E-state index contributed by atoms with van der Waals surface area (Å²) in [5, 5.41) is 0. The number of ketones is 2. The van der Waals surface area contributed by atoms with Crippen molar-refractivity contribution in [2.45, 2.75) is 19.8 Å². The molecule has 1 saturated heterocycles. The predicted octanol–water partition coefficient (Wildman–Crippen LogP) is 3.63. The molecule has 0 unspecified atom stereocenters. The van der Waals surface area contributed by atoms with Gasteiger partial charge in [-0.1, -0.05) is 30.3 Å². The summed E-state index contributed by atoms with van der Waals surface area (Å²) in [7, 11) is 1.54. The van der Waals surface area contributed by atoms with E-state index in [-0.39, 0.29) is 23.4 Å². The SMILES string of the molecule is COc1ccccc1C(=O)[C@H]1CCCN(C(=O)c2ccccc2C(C)=O)C1. The van der Waals surface area contributed by atoms with Crippen LogP contribution in [0.2, 0.25) is 0 Å². The Bertz CT molecular complexity index is 874. The van der Waals surface area contributed by atoms with Gasteiger partial charge in [-0.3, -0.25) is 14.4 Å². The van der Waals surface area contributed by atoms with Crippen LogP contribution >= 0.6 is 0 Å². The highest BCUT2D eigenvalue weighted by Gasteiger charge is 2.31. The Balaban J connectivity index is 1.81. The molecule has 5 heteroatoms. The summed E-state index contributed by atoms with van der Waals surface area (Å²) in [5.41, 5.74) is 1.36. The van der Waals surface area contributed by atoms with Gasteiger partial charge in [0.15, 0.2) is 11.6 Å². The van der Waals surface area contributed by atoms with Gasteiger partial charge in [-0.05, 0) is 38.0 Å². The summed E-state index contributed by atoms with van der Waals surface area (Å²) in [6.07, 6.45) is 1.48. The predicted molar refractivity (Wildman–Crippen MR) is 102 cm³/mol. The van der Waals surface area contributed by atoms with Crippen LogP contribution in [-0.2, 0) is 0 Å². The van der Waals surface area contributed by atoms with E-state index in [0.717, 1.165) is 12.8 Å². The number of likely N-dealkylation sites (tertiary alicyclic amines) is 1. The molecule has 1 aliphatic heterocycles. The lowest BCUT2D eigenvalue weighted by Crippen LogP contribution is -2.42. The Hall–Kier alpha value is -2.95. The average Bonchev–Trinajstić information content (AvgIpc) is 2.72. The largest absolute Gasteiger partial charge is 0.496 e. The summed E-state index contributed by atoms with van der Waals surface area (Å²) in [4.78, 5) is 39.5. The number of hydrogen-bond acceptors (Lipinski definition) is 4. The smallest absolute Gasteiger partial charge is 0.254 e. The molecular weight excluding hydrogens is 342 g/mol. The Morgan fingerprint density at radius 3 is 2.26 bits per heavy atom. The third kappa shape index (κ3) is 3.92. The molecule has 2 aromatic rings. The first-order chi connectivity index (χ1) is 13.0. The Morgan fingerprint density at radius 1 is 0.963 bits per heavy atom. The van der Waals surface area contributed by atoms with Gasteiger partial charge in [0, 0.05) is 24.6 Å².